The molecule has 0 N–H and O–H groups in total. The van der Waals surface area contributed by atoms with E-state index in [4.69, 9.17) is 4.74 Å². The number of nitrogens with zero attached hydrogens (tertiary/aromatic N) is 5. The molecule has 0 saturated carbocycles. The van der Waals surface area contributed by atoms with E-state index in [0.717, 1.165) is 12.8 Å². The number of ether oxygens (including phenoxy) is 1. The van der Waals surface area contributed by atoms with Crippen LogP contribution in [0.4, 0.5) is 0 Å². The number of aromatic nitrogens is 4. The molecule has 7 nitrogen and oxygen atoms in total. The number of benzene rings is 1. The van der Waals surface area contributed by atoms with Gasteiger partial charge in [-0.1, -0.05) is 30.3 Å². The van der Waals surface area contributed by atoms with Crippen molar-refractivity contribution in [2.24, 2.45) is 0 Å². The molecule has 3 aromatic rings. The van der Waals surface area contributed by atoms with E-state index >= 15 is 0 Å². The number of hydrogen-bond acceptors (Lipinski definition) is 5. The zero-order valence-electron chi connectivity index (χ0n) is 13.8. The lowest BCUT2D eigenvalue weighted by molar-refractivity contribution is -0.000392. The highest BCUT2D eigenvalue weighted by molar-refractivity contribution is 5.94. The smallest absolute Gasteiger partial charge is 0.255 e. The Kier molecular flexibility index (Phi) is 4.39. The molecular formula is C18H19N5O2. The summed E-state index contributed by atoms with van der Waals surface area (Å²) in [6, 6.07) is 13.7. The summed E-state index contributed by atoms with van der Waals surface area (Å²) in [5.74, 6) is 0.0129. The topological polar surface area (TPSA) is 72.6 Å². The van der Waals surface area contributed by atoms with E-state index in [1.807, 2.05) is 23.1 Å². The fourth-order valence-electron chi connectivity index (χ4n) is 3.06. The highest BCUT2D eigenvalue weighted by Gasteiger charge is 2.24. The molecular weight excluding hydrogens is 318 g/mol. The molecule has 128 valence electrons. The summed E-state index contributed by atoms with van der Waals surface area (Å²) in [5.41, 5.74) is 2.41. The van der Waals surface area contributed by atoms with Crippen molar-refractivity contribution in [3.05, 3.63) is 59.8 Å². The van der Waals surface area contributed by atoms with Crippen molar-refractivity contribution >= 4 is 11.6 Å². The van der Waals surface area contributed by atoms with E-state index in [1.54, 1.807) is 18.3 Å². The van der Waals surface area contributed by atoms with Gasteiger partial charge < -0.3 is 9.64 Å². The van der Waals surface area contributed by atoms with E-state index in [0.29, 0.717) is 30.9 Å². The lowest BCUT2D eigenvalue weighted by Crippen LogP contribution is -2.40. The van der Waals surface area contributed by atoms with Gasteiger partial charge in [-0.25, -0.2) is 0 Å². The first-order valence-corrected chi connectivity index (χ1v) is 8.42. The number of amides is 1. The minimum atomic E-state index is 0.0129. The molecule has 0 bridgehead atoms. The Labute approximate surface area is 145 Å². The molecule has 0 aliphatic carbocycles. The van der Waals surface area contributed by atoms with Gasteiger partial charge in [0.2, 0.25) is 0 Å². The number of piperidine rings is 1. The Bertz CT molecular complexity index is 856. The fourth-order valence-corrected chi connectivity index (χ4v) is 3.06. The van der Waals surface area contributed by atoms with Crippen LogP contribution in [0.1, 0.15) is 28.8 Å². The number of likely N-dealkylation sites (tertiary alicyclic amines) is 1. The molecule has 1 aliphatic heterocycles. The van der Waals surface area contributed by atoms with Crippen LogP contribution in [-0.2, 0) is 11.3 Å². The average Bonchev–Trinajstić information content (AvgIpc) is 3.15. The van der Waals surface area contributed by atoms with Crippen LogP contribution < -0.4 is 0 Å². The Morgan fingerprint density at radius 1 is 1.12 bits per heavy atom. The van der Waals surface area contributed by atoms with Crippen molar-refractivity contribution in [2.75, 3.05) is 13.1 Å². The van der Waals surface area contributed by atoms with Gasteiger partial charge in [-0.3, -0.25) is 4.79 Å². The molecule has 7 heteroatoms. The van der Waals surface area contributed by atoms with Crippen LogP contribution in [0.5, 0.6) is 0 Å². The molecule has 3 heterocycles. The lowest BCUT2D eigenvalue weighted by atomic mass is 10.1. The van der Waals surface area contributed by atoms with Gasteiger partial charge in [0.25, 0.3) is 5.91 Å². The predicted octanol–water partition coefficient (Wildman–Crippen LogP) is 1.95. The van der Waals surface area contributed by atoms with Crippen LogP contribution in [-0.4, -0.2) is 50.0 Å². The molecule has 1 saturated heterocycles. The number of fused-ring (bicyclic) bond motifs is 1. The van der Waals surface area contributed by atoms with Crippen LogP contribution in [0.15, 0.2) is 48.7 Å². The molecule has 1 fully saturated rings. The van der Waals surface area contributed by atoms with Crippen molar-refractivity contribution in [1.82, 2.24) is 24.9 Å². The monoisotopic (exact) mass is 337 g/mol. The largest absolute Gasteiger partial charge is 0.373 e. The summed E-state index contributed by atoms with van der Waals surface area (Å²) in [5, 5.41) is 11.3. The maximum atomic E-state index is 12.7. The average molecular weight is 337 g/mol. The fraction of sp³-hybridized carbons (Fsp3) is 0.333. The number of rotatable bonds is 4. The molecule has 2 aromatic heterocycles. The second-order valence-corrected chi connectivity index (χ2v) is 6.19. The molecule has 0 atom stereocenters. The molecule has 0 unspecified atom stereocenters. The summed E-state index contributed by atoms with van der Waals surface area (Å²) in [4.78, 5) is 14.5. The molecule has 1 aromatic carbocycles. The summed E-state index contributed by atoms with van der Waals surface area (Å²) in [6.07, 6.45) is 3.58. The standard InChI is InChI=1S/C18H19N5O2/c24-18(15-6-7-17-19-20-21-23(17)12-15)22-10-8-16(9-11-22)25-13-14-4-2-1-3-5-14/h1-7,12,16H,8-11,13H2. The zero-order valence-corrected chi connectivity index (χ0v) is 13.8. The van der Waals surface area contributed by atoms with Gasteiger partial charge in [-0.2, -0.15) is 4.52 Å². The predicted molar refractivity (Wildman–Crippen MR) is 90.9 cm³/mol. The van der Waals surface area contributed by atoms with Gasteiger partial charge in [0.1, 0.15) is 0 Å². The van der Waals surface area contributed by atoms with Gasteiger partial charge in [-0.05, 0) is 41.0 Å². The molecule has 1 aliphatic rings. The number of carbonyl (C=O) groups excluding carboxylic acids is 1. The van der Waals surface area contributed by atoms with Crippen LogP contribution in [0.3, 0.4) is 0 Å². The van der Waals surface area contributed by atoms with Crippen molar-refractivity contribution in [2.45, 2.75) is 25.6 Å². The summed E-state index contributed by atoms with van der Waals surface area (Å²) >= 11 is 0. The first-order valence-electron chi connectivity index (χ1n) is 8.42. The number of pyridine rings is 1. The molecule has 1 amide bonds. The van der Waals surface area contributed by atoms with E-state index in [2.05, 4.69) is 27.7 Å². The van der Waals surface area contributed by atoms with Crippen molar-refractivity contribution in [3.8, 4) is 0 Å². The van der Waals surface area contributed by atoms with Crippen LogP contribution in [0.25, 0.3) is 5.65 Å². The Morgan fingerprint density at radius 3 is 2.72 bits per heavy atom. The van der Waals surface area contributed by atoms with Crippen molar-refractivity contribution < 1.29 is 9.53 Å². The third-order valence-corrected chi connectivity index (χ3v) is 4.50. The highest BCUT2D eigenvalue weighted by Crippen LogP contribution is 2.18. The summed E-state index contributed by atoms with van der Waals surface area (Å²) in [7, 11) is 0. The van der Waals surface area contributed by atoms with Gasteiger partial charge in [0.05, 0.1) is 18.3 Å². The quantitative estimate of drug-likeness (QED) is 0.727. The maximum absolute atomic E-state index is 12.7. The van der Waals surface area contributed by atoms with Crippen molar-refractivity contribution in [1.29, 1.82) is 0 Å². The number of carbonyl (C=O) groups is 1. The van der Waals surface area contributed by atoms with Crippen LogP contribution >= 0.6 is 0 Å². The Hall–Kier alpha value is -2.80. The number of tetrazole rings is 1. The van der Waals surface area contributed by atoms with E-state index < -0.39 is 0 Å². The van der Waals surface area contributed by atoms with Gasteiger partial charge in [0.15, 0.2) is 5.65 Å². The lowest BCUT2D eigenvalue weighted by Gasteiger charge is -2.32. The second-order valence-electron chi connectivity index (χ2n) is 6.19. The minimum absolute atomic E-state index is 0.0129. The van der Waals surface area contributed by atoms with E-state index in [9.17, 15) is 4.79 Å². The van der Waals surface area contributed by atoms with Gasteiger partial charge in [-0.15, -0.1) is 5.10 Å². The van der Waals surface area contributed by atoms with Crippen LogP contribution in [0, 0.1) is 0 Å². The van der Waals surface area contributed by atoms with Gasteiger partial charge in [0, 0.05) is 19.3 Å². The first-order chi connectivity index (χ1) is 12.3. The first kappa shape index (κ1) is 15.7. The number of hydrogen-bond donors (Lipinski definition) is 0. The highest BCUT2D eigenvalue weighted by atomic mass is 16.5. The summed E-state index contributed by atoms with van der Waals surface area (Å²) in [6.45, 7) is 2.02. The van der Waals surface area contributed by atoms with Crippen LogP contribution in [0.2, 0.25) is 0 Å². The van der Waals surface area contributed by atoms with E-state index in [1.165, 1.54) is 10.1 Å². The Morgan fingerprint density at radius 2 is 1.92 bits per heavy atom. The minimum Gasteiger partial charge on any atom is -0.373 e. The molecule has 4 rings (SSSR count). The molecule has 0 spiro atoms. The zero-order chi connectivity index (χ0) is 17.1. The third kappa shape index (κ3) is 3.51. The normalized spacial score (nSPS) is 15.6. The molecule has 0 radical (unpaired) electrons. The van der Waals surface area contributed by atoms with E-state index in [-0.39, 0.29) is 12.0 Å². The second kappa shape index (κ2) is 6.98. The summed E-state index contributed by atoms with van der Waals surface area (Å²) < 4.78 is 7.50. The Balaban J connectivity index is 1.32. The maximum Gasteiger partial charge on any atom is 0.255 e. The molecule has 25 heavy (non-hydrogen) atoms. The SMILES string of the molecule is O=C(c1ccc2nnnn2c1)N1CCC(OCc2ccccc2)CC1. The van der Waals surface area contributed by atoms with Gasteiger partial charge >= 0.3 is 0 Å². The van der Waals surface area contributed by atoms with Crippen molar-refractivity contribution in [3.63, 3.8) is 0 Å². The third-order valence-electron chi connectivity index (χ3n) is 4.50.